The Morgan fingerprint density at radius 3 is 2.03 bits per heavy atom. The summed E-state index contributed by atoms with van der Waals surface area (Å²) in [6.07, 6.45) is 2.11. The van der Waals surface area contributed by atoms with Gasteiger partial charge in [-0.15, -0.1) is 0 Å². The monoisotopic (exact) mass is 496 g/mol. The van der Waals surface area contributed by atoms with Gasteiger partial charge in [-0.1, -0.05) is 20.3 Å². The maximum atomic E-state index is 12.9. The summed E-state index contributed by atoms with van der Waals surface area (Å²) in [5.41, 5.74) is 16.7. The van der Waals surface area contributed by atoms with Gasteiger partial charge >= 0.3 is 5.97 Å². The lowest BCUT2D eigenvalue weighted by Crippen LogP contribution is -2.59. The number of aromatic amines is 1. The molecule has 194 valence electrons. The zero-order chi connectivity index (χ0) is 26.7. The van der Waals surface area contributed by atoms with Crippen molar-refractivity contribution in [2.75, 3.05) is 0 Å². The topological polar surface area (TPSA) is 265 Å². The maximum absolute atomic E-state index is 12.9. The van der Waals surface area contributed by atoms with Gasteiger partial charge in [0.25, 0.3) is 0 Å². The average Bonchev–Trinajstić information content (AvgIpc) is 3.27. The molecule has 0 radical (unpaired) electrons. The SMILES string of the molecule is CCC(C)C(NC(=O)C(CC(N)=O)NC(=O)C(N)Cc1cnc[nH]1)C(=O)NC(CC(N)=O)C(=O)O. The maximum Gasteiger partial charge on any atom is 0.326 e. The van der Waals surface area contributed by atoms with Crippen LogP contribution in [0, 0.1) is 5.92 Å². The number of nitrogens with zero attached hydrogens (tertiary/aromatic N) is 1. The van der Waals surface area contributed by atoms with E-state index in [-0.39, 0.29) is 6.42 Å². The fraction of sp³-hybridized carbons (Fsp3) is 0.550. The number of carbonyl (C=O) groups excluding carboxylic acids is 5. The molecule has 1 heterocycles. The molecule has 0 bridgehead atoms. The van der Waals surface area contributed by atoms with Crippen LogP contribution >= 0.6 is 0 Å². The normalized spacial score (nSPS) is 15.1. The van der Waals surface area contributed by atoms with Gasteiger partial charge in [0.15, 0.2) is 0 Å². The first-order valence-corrected chi connectivity index (χ1v) is 10.8. The summed E-state index contributed by atoms with van der Waals surface area (Å²) < 4.78 is 0. The third-order valence-corrected chi connectivity index (χ3v) is 5.18. The largest absolute Gasteiger partial charge is 0.480 e. The van der Waals surface area contributed by atoms with Crippen LogP contribution in [-0.4, -0.2) is 74.7 Å². The van der Waals surface area contributed by atoms with Crippen molar-refractivity contribution >= 4 is 35.5 Å². The molecule has 1 aromatic rings. The number of hydrogen-bond acceptors (Lipinski definition) is 8. The molecule has 0 aliphatic heterocycles. The second kappa shape index (κ2) is 13.6. The Bertz CT molecular complexity index is 921. The molecule has 5 unspecified atom stereocenters. The van der Waals surface area contributed by atoms with Crippen LogP contribution in [0.3, 0.4) is 0 Å². The average molecular weight is 497 g/mol. The van der Waals surface area contributed by atoms with Crippen LogP contribution in [0.25, 0.3) is 0 Å². The van der Waals surface area contributed by atoms with Gasteiger partial charge in [-0.2, -0.15) is 0 Å². The summed E-state index contributed by atoms with van der Waals surface area (Å²) in [5, 5.41) is 16.2. The van der Waals surface area contributed by atoms with Crippen molar-refractivity contribution in [3.63, 3.8) is 0 Å². The Balaban J connectivity index is 2.99. The second-order valence-corrected chi connectivity index (χ2v) is 8.06. The smallest absolute Gasteiger partial charge is 0.326 e. The minimum absolute atomic E-state index is 0.0745. The highest BCUT2D eigenvalue weighted by Gasteiger charge is 2.33. The molecule has 5 atom stereocenters. The molecule has 0 aliphatic rings. The number of aliphatic carboxylic acids is 1. The number of carboxylic acid groups (broad SMARTS) is 1. The van der Waals surface area contributed by atoms with Gasteiger partial charge in [0.05, 0.1) is 25.2 Å². The zero-order valence-corrected chi connectivity index (χ0v) is 19.4. The number of carboxylic acids is 1. The summed E-state index contributed by atoms with van der Waals surface area (Å²) in [6, 6.07) is -5.40. The van der Waals surface area contributed by atoms with Crippen molar-refractivity contribution in [3.05, 3.63) is 18.2 Å². The molecule has 15 heteroatoms. The van der Waals surface area contributed by atoms with E-state index in [1.807, 2.05) is 0 Å². The molecule has 0 saturated carbocycles. The molecule has 15 nitrogen and oxygen atoms in total. The van der Waals surface area contributed by atoms with Gasteiger partial charge < -0.3 is 43.2 Å². The summed E-state index contributed by atoms with van der Waals surface area (Å²) in [6.45, 7) is 3.35. The summed E-state index contributed by atoms with van der Waals surface area (Å²) >= 11 is 0. The minimum atomic E-state index is -1.61. The zero-order valence-electron chi connectivity index (χ0n) is 19.4. The van der Waals surface area contributed by atoms with E-state index in [1.54, 1.807) is 13.8 Å². The van der Waals surface area contributed by atoms with Crippen LogP contribution in [-0.2, 0) is 35.2 Å². The lowest BCUT2D eigenvalue weighted by Gasteiger charge is -2.27. The Kier molecular flexibility index (Phi) is 11.3. The fourth-order valence-corrected chi connectivity index (χ4v) is 3.03. The number of amides is 5. The quantitative estimate of drug-likeness (QED) is 0.120. The summed E-state index contributed by atoms with van der Waals surface area (Å²) in [5.74, 6) is -6.37. The first-order valence-electron chi connectivity index (χ1n) is 10.8. The van der Waals surface area contributed by atoms with Crippen LogP contribution < -0.4 is 33.2 Å². The molecule has 0 aromatic carbocycles. The fourth-order valence-electron chi connectivity index (χ4n) is 3.03. The standard InChI is InChI=1S/C20H32N8O7/c1-3-9(2)16(19(33)27-13(20(34)35)6-15(23)30)28-18(32)12(5-14(22)29)26-17(31)11(21)4-10-7-24-8-25-10/h7-9,11-13,16H,3-6,21H2,1-2H3,(H2,22,29)(H2,23,30)(H,24,25)(H,26,31)(H,27,33)(H,28,32)(H,34,35). The van der Waals surface area contributed by atoms with Crippen molar-refractivity contribution in [2.24, 2.45) is 23.1 Å². The highest BCUT2D eigenvalue weighted by atomic mass is 16.4. The number of aromatic nitrogens is 2. The lowest BCUT2D eigenvalue weighted by atomic mass is 9.97. The number of rotatable bonds is 15. The molecular weight excluding hydrogens is 464 g/mol. The molecular formula is C20H32N8O7. The van der Waals surface area contributed by atoms with Gasteiger partial charge in [0, 0.05) is 18.3 Å². The predicted molar refractivity (Wildman–Crippen MR) is 121 cm³/mol. The van der Waals surface area contributed by atoms with E-state index in [0.29, 0.717) is 12.1 Å². The number of primary amides is 2. The third kappa shape index (κ3) is 9.79. The number of hydrogen-bond donors (Lipinski definition) is 8. The molecule has 0 fully saturated rings. The Hall–Kier alpha value is -4.01. The van der Waals surface area contributed by atoms with E-state index in [1.165, 1.54) is 12.5 Å². The molecule has 1 rings (SSSR count). The summed E-state index contributed by atoms with van der Waals surface area (Å²) in [4.78, 5) is 78.8. The number of nitrogens with two attached hydrogens (primary N) is 3. The number of nitrogens with one attached hydrogen (secondary N) is 4. The van der Waals surface area contributed by atoms with Crippen LogP contribution in [0.1, 0.15) is 38.8 Å². The predicted octanol–water partition coefficient (Wildman–Crippen LogP) is -3.38. The minimum Gasteiger partial charge on any atom is -0.480 e. The molecule has 0 spiro atoms. The second-order valence-electron chi connectivity index (χ2n) is 8.06. The molecule has 5 amide bonds. The van der Waals surface area contributed by atoms with Crippen molar-refractivity contribution < 1.29 is 33.9 Å². The molecule has 35 heavy (non-hydrogen) atoms. The van der Waals surface area contributed by atoms with Crippen molar-refractivity contribution in [1.82, 2.24) is 25.9 Å². The number of H-pyrrole nitrogens is 1. The summed E-state index contributed by atoms with van der Waals surface area (Å²) in [7, 11) is 0. The Morgan fingerprint density at radius 2 is 1.54 bits per heavy atom. The molecule has 1 aromatic heterocycles. The van der Waals surface area contributed by atoms with Gasteiger partial charge in [-0.05, 0) is 5.92 Å². The third-order valence-electron chi connectivity index (χ3n) is 5.18. The van der Waals surface area contributed by atoms with Crippen LogP contribution in [0.4, 0.5) is 0 Å². The van der Waals surface area contributed by atoms with Crippen LogP contribution in [0.15, 0.2) is 12.5 Å². The first-order chi connectivity index (χ1) is 16.3. The van der Waals surface area contributed by atoms with E-state index in [2.05, 4.69) is 25.9 Å². The highest BCUT2D eigenvalue weighted by molar-refractivity contribution is 5.96. The van der Waals surface area contributed by atoms with Crippen LogP contribution in [0.2, 0.25) is 0 Å². The number of imidazole rings is 1. The van der Waals surface area contributed by atoms with Crippen molar-refractivity contribution in [2.45, 2.75) is 63.7 Å². The van der Waals surface area contributed by atoms with Crippen molar-refractivity contribution in [1.29, 1.82) is 0 Å². The van der Waals surface area contributed by atoms with E-state index in [9.17, 15) is 33.9 Å². The van der Waals surface area contributed by atoms with E-state index in [0.717, 1.165) is 0 Å². The Morgan fingerprint density at radius 1 is 0.971 bits per heavy atom. The van der Waals surface area contributed by atoms with E-state index in [4.69, 9.17) is 17.2 Å². The number of carbonyl (C=O) groups is 6. The van der Waals surface area contributed by atoms with E-state index >= 15 is 0 Å². The van der Waals surface area contributed by atoms with Gasteiger partial charge in [-0.3, -0.25) is 24.0 Å². The van der Waals surface area contributed by atoms with Crippen LogP contribution in [0.5, 0.6) is 0 Å². The molecule has 0 saturated heterocycles. The molecule has 0 aliphatic carbocycles. The molecule has 11 N–H and O–H groups in total. The lowest BCUT2D eigenvalue weighted by molar-refractivity contribution is -0.144. The van der Waals surface area contributed by atoms with Gasteiger partial charge in [-0.25, -0.2) is 9.78 Å². The highest BCUT2D eigenvalue weighted by Crippen LogP contribution is 2.10. The van der Waals surface area contributed by atoms with E-state index < -0.39 is 78.4 Å². The van der Waals surface area contributed by atoms with Crippen molar-refractivity contribution in [3.8, 4) is 0 Å². The van der Waals surface area contributed by atoms with Gasteiger partial charge in [0.1, 0.15) is 18.1 Å². The first kappa shape index (κ1) is 29.0. The van der Waals surface area contributed by atoms with Gasteiger partial charge in [0.2, 0.25) is 29.5 Å². The Labute approximate surface area is 200 Å².